The minimum absolute atomic E-state index is 0.338. The molecule has 118 valence electrons. The predicted octanol–water partition coefficient (Wildman–Crippen LogP) is 5.48. The van der Waals surface area contributed by atoms with Gasteiger partial charge in [-0.25, -0.2) is 9.18 Å². The molecule has 0 aliphatic rings. The summed E-state index contributed by atoms with van der Waals surface area (Å²) < 4.78 is 18.3. The van der Waals surface area contributed by atoms with Crippen LogP contribution < -0.4 is 0 Å². The van der Waals surface area contributed by atoms with Gasteiger partial charge in [0.05, 0.1) is 12.1 Å². The molecule has 0 saturated carbocycles. The molecular formula is C17H24ClFO2. The Morgan fingerprint density at radius 2 is 1.95 bits per heavy atom. The fourth-order valence-corrected chi connectivity index (χ4v) is 2.13. The highest BCUT2D eigenvalue weighted by molar-refractivity contribution is 6.33. The number of carbonyl (C=O) groups is 1. The van der Waals surface area contributed by atoms with Crippen LogP contribution >= 0.6 is 11.6 Å². The lowest BCUT2D eigenvalue weighted by atomic mass is 10.0. The van der Waals surface area contributed by atoms with E-state index in [4.69, 9.17) is 16.3 Å². The molecule has 0 heterocycles. The Labute approximate surface area is 132 Å². The third-order valence-corrected chi connectivity index (χ3v) is 3.46. The lowest BCUT2D eigenvalue weighted by Crippen LogP contribution is -2.05. The number of ether oxygens (including phenoxy) is 1. The molecule has 0 radical (unpaired) electrons. The van der Waals surface area contributed by atoms with E-state index in [1.54, 1.807) is 19.9 Å². The van der Waals surface area contributed by atoms with Crippen molar-refractivity contribution in [3.63, 3.8) is 0 Å². The maximum absolute atomic E-state index is 13.5. The molecule has 1 aromatic rings. The summed E-state index contributed by atoms with van der Waals surface area (Å²) in [7, 11) is 1.34. The Bertz CT molecular complexity index is 522. The summed E-state index contributed by atoms with van der Waals surface area (Å²) in [4.78, 5) is 11.7. The Hall–Kier alpha value is -1.35. The van der Waals surface area contributed by atoms with Crippen molar-refractivity contribution in [2.24, 2.45) is 0 Å². The first-order valence-corrected chi connectivity index (χ1v) is 7.54. The van der Waals surface area contributed by atoms with E-state index in [1.807, 2.05) is 20.8 Å². The van der Waals surface area contributed by atoms with Crippen LogP contribution in [0.3, 0.4) is 0 Å². The summed E-state index contributed by atoms with van der Waals surface area (Å²) in [6, 6.07) is 1.42. The number of halogens is 2. The molecule has 0 aliphatic heterocycles. The maximum atomic E-state index is 13.5. The van der Waals surface area contributed by atoms with Crippen molar-refractivity contribution in [3.05, 3.63) is 39.2 Å². The van der Waals surface area contributed by atoms with Crippen LogP contribution in [-0.4, -0.2) is 13.1 Å². The summed E-state index contributed by atoms with van der Waals surface area (Å²) in [6.45, 7) is 9.36. The van der Waals surface area contributed by atoms with Gasteiger partial charge in [-0.1, -0.05) is 38.8 Å². The predicted molar refractivity (Wildman–Crippen MR) is 87.1 cm³/mol. The highest BCUT2D eigenvalue weighted by atomic mass is 35.5. The zero-order chi connectivity index (χ0) is 16.6. The van der Waals surface area contributed by atoms with Crippen LogP contribution in [0.2, 0.25) is 5.02 Å². The van der Waals surface area contributed by atoms with Gasteiger partial charge in [0.2, 0.25) is 0 Å². The van der Waals surface area contributed by atoms with Crippen molar-refractivity contribution >= 4 is 23.6 Å². The first-order valence-electron chi connectivity index (χ1n) is 7.16. The number of rotatable bonds is 4. The second-order valence-electron chi connectivity index (χ2n) is 4.44. The van der Waals surface area contributed by atoms with Crippen LogP contribution in [0.25, 0.3) is 6.08 Å². The lowest BCUT2D eigenvalue weighted by molar-refractivity contribution is -0.136. The Morgan fingerprint density at radius 3 is 2.43 bits per heavy atom. The molecule has 0 atom stereocenters. The zero-order valence-corrected chi connectivity index (χ0v) is 14.4. The first-order chi connectivity index (χ1) is 9.92. The van der Waals surface area contributed by atoms with Gasteiger partial charge >= 0.3 is 5.97 Å². The van der Waals surface area contributed by atoms with Gasteiger partial charge in [0, 0.05) is 11.1 Å². The fraction of sp³-hybridized carbons (Fsp3) is 0.471. The lowest BCUT2D eigenvalue weighted by Gasteiger charge is -2.10. The summed E-state index contributed by atoms with van der Waals surface area (Å²) in [5.74, 6) is -0.714. The summed E-state index contributed by atoms with van der Waals surface area (Å²) >= 11 is 6.16. The number of hydrogen-bond donors (Lipinski definition) is 0. The number of hydrogen-bond acceptors (Lipinski definition) is 2. The number of esters is 1. The largest absolute Gasteiger partial charge is 0.466 e. The molecule has 4 heteroatoms. The van der Waals surface area contributed by atoms with Crippen LogP contribution in [0.15, 0.2) is 11.6 Å². The van der Waals surface area contributed by atoms with Crippen LogP contribution in [0.1, 0.15) is 50.3 Å². The molecule has 0 amide bonds. The van der Waals surface area contributed by atoms with Crippen molar-refractivity contribution in [2.75, 3.05) is 7.11 Å². The minimum Gasteiger partial charge on any atom is -0.466 e. The van der Waals surface area contributed by atoms with E-state index < -0.39 is 0 Å². The minimum atomic E-state index is -0.376. The maximum Gasteiger partial charge on any atom is 0.333 e. The van der Waals surface area contributed by atoms with E-state index in [9.17, 15) is 9.18 Å². The SMILES string of the molecule is CC.CCC/C(=C\c1c(C)cc(F)c(C)c1Cl)C(=O)OC. The first kappa shape index (κ1) is 19.7. The Kier molecular flexibility index (Phi) is 8.95. The molecule has 1 rings (SSSR count). The monoisotopic (exact) mass is 314 g/mol. The average Bonchev–Trinajstić information content (AvgIpc) is 2.49. The molecule has 0 aliphatic carbocycles. The third-order valence-electron chi connectivity index (χ3n) is 2.98. The molecular weight excluding hydrogens is 291 g/mol. The number of benzene rings is 1. The van der Waals surface area contributed by atoms with Gasteiger partial charge < -0.3 is 4.74 Å². The smallest absolute Gasteiger partial charge is 0.333 e. The Balaban J connectivity index is 0.00000191. The molecule has 0 aromatic heterocycles. The van der Waals surface area contributed by atoms with E-state index >= 15 is 0 Å². The van der Waals surface area contributed by atoms with Gasteiger partial charge in [-0.05, 0) is 43.5 Å². The van der Waals surface area contributed by atoms with Crippen LogP contribution in [0.4, 0.5) is 4.39 Å². The van der Waals surface area contributed by atoms with E-state index in [0.29, 0.717) is 33.7 Å². The van der Waals surface area contributed by atoms with Gasteiger partial charge in [-0.2, -0.15) is 0 Å². The van der Waals surface area contributed by atoms with Gasteiger partial charge in [0.1, 0.15) is 5.82 Å². The van der Waals surface area contributed by atoms with Gasteiger partial charge in [0.25, 0.3) is 0 Å². The second kappa shape index (κ2) is 9.56. The highest BCUT2D eigenvalue weighted by Crippen LogP contribution is 2.29. The quantitative estimate of drug-likeness (QED) is 0.543. The normalized spacial score (nSPS) is 10.8. The standard InChI is InChI=1S/C15H18ClFO2.C2H6/c1-5-6-11(15(18)19-4)8-12-9(2)7-13(17)10(3)14(12)16;1-2/h7-8H,5-6H2,1-4H3;1-2H3/b11-8+;. The summed E-state index contributed by atoms with van der Waals surface area (Å²) in [5.41, 5.74) is 2.31. The van der Waals surface area contributed by atoms with E-state index in [2.05, 4.69) is 0 Å². The van der Waals surface area contributed by atoms with Crippen LogP contribution in [-0.2, 0) is 9.53 Å². The summed E-state index contributed by atoms with van der Waals surface area (Å²) in [5, 5.41) is 0.343. The van der Waals surface area contributed by atoms with Crippen LogP contribution in [0, 0.1) is 19.7 Å². The van der Waals surface area contributed by atoms with Crippen molar-refractivity contribution in [1.29, 1.82) is 0 Å². The fourth-order valence-electron chi connectivity index (χ4n) is 1.84. The van der Waals surface area contributed by atoms with E-state index in [1.165, 1.54) is 13.2 Å². The van der Waals surface area contributed by atoms with Gasteiger partial charge in [0.15, 0.2) is 0 Å². The molecule has 0 fully saturated rings. The van der Waals surface area contributed by atoms with E-state index in [0.717, 1.165) is 6.42 Å². The third kappa shape index (κ3) is 5.16. The van der Waals surface area contributed by atoms with Crippen molar-refractivity contribution in [3.8, 4) is 0 Å². The van der Waals surface area contributed by atoms with Crippen molar-refractivity contribution < 1.29 is 13.9 Å². The Morgan fingerprint density at radius 1 is 1.38 bits per heavy atom. The zero-order valence-electron chi connectivity index (χ0n) is 13.6. The molecule has 1 aromatic carbocycles. The van der Waals surface area contributed by atoms with E-state index in [-0.39, 0.29) is 11.8 Å². The number of aryl methyl sites for hydroxylation is 1. The molecule has 2 nitrogen and oxygen atoms in total. The average molecular weight is 315 g/mol. The molecule has 21 heavy (non-hydrogen) atoms. The van der Waals surface area contributed by atoms with Gasteiger partial charge in [-0.15, -0.1) is 0 Å². The van der Waals surface area contributed by atoms with Crippen LogP contribution in [0.5, 0.6) is 0 Å². The number of methoxy groups -OCH3 is 1. The molecule has 0 bridgehead atoms. The van der Waals surface area contributed by atoms with Gasteiger partial charge in [-0.3, -0.25) is 0 Å². The summed E-state index contributed by atoms with van der Waals surface area (Å²) in [6.07, 6.45) is 3.11. The molecule has 0 unspecified atom stereocenters. The molecule has 0 saturated heterocycles. The highest BCUT2D eigenvalue weighted by Gasteiger charge is 2.14. The van der Waals surface area contributed by atoms with Crippen molar-refractivity contribution in [1.82, 2.24) is 0 Å². The topological polar surface area (TPSA) is 26.3 Å². The second-order valence-corrected chi connectivity index (χ2v) is 4.82. The van der Waals surface area contributed by atoms with Crippen molar-refractivity contribution in [2.45, 2.75) is 47.5 Å². The molecule has 0 N–H and O–H groups in total. The number of carbonyl (C=O) groups excluding carboxylic acids is 1. The molecule has 0 spiro atoms.